The lowest BCUT2D eigenvalue weighted by atomic mass is 10.1. The van der Waals surface area contributed by atoms with E-state index in [2.05, 4.69) is 9.97 Å². The Morgan fingerprint density at radius 1 is 1.13 bits per heavy atom. The number of halogens is 3. The molecule has 1 aliphatic heterocycles. The van der Waals surface area contributed by atoms with Gasteiger partial charge in [0, 0.05) is 36.0 Å². The van der Waals surface area contributed by atoms with Crippen molar-refractivity contribution in [1.29, 1.82) is 0 Å². The number of rotatable bonds is 4. The van der Waals surface area contributed by atoms with E-state index >= 15 is 0 Å². The number of amides is 1. The predicted molar refractivity (Wildman–Crippen MR) is 101 cm³/mol. The third kappa shape index (κ3) is 3.91. The van der Waals surface area contributed by atoms with Gasteiger partial charge in [-0.3, -0.25) is 4.79 Å². The average molecular weight is 415 g/mol. The molecule has 0 unspecified atom stereocenters. The van der Waals surface area contributed by atoms with Crippen molar-refractivity contribution in [2.45, 2.75) is 6.54 Å². The van der Waals surface area contributed by atoms with Crippen molar-refractivity contribution in [3.8, 4) is 23.0 Å². The van der Waals surface area contributed by atoms with Crippen LogP contribution in [-0.2, 0) is 6.54 Å². The molecule has 30 heavy (non-hydrogen) atoms. The molecule has 0 saturated heterocycles. The van der Waals surface area contributed by atoms with Crippen LogP contribution in [-0.4, -0.2) is 41.0 Å². The lowest BCUT2D eigenvalue weighted by Gasteiger charge is -2.20. The van der Waals surface area contributed by atoms with Crippen molar-refractivity contribution in [2.75, 3.05) is 20.3 Å². The van der Waals surface area contributed by atoms with Gasteiger partial charge in [-0.25, -0.2) is 18.2 Å². The molecule has 1 aliphatic rings. The molecule has 0 aliphatic carbocycles. The number of ether oxygens (including phenoxy) is 2. The predicted octanol–water partition coefficient (Wildman–Crippen LogP) is 3.60. The van der Waals surface area contributed by atoms with Gasteiger partial charge in [0.2, 0.25) is 5.88 Å². The van der Waals surface area contributed by atoms with Crippen LogP contribution in [0.5, 0.6) is 11.6 Å². The number of methoxy groups -OCH3 is 1. The van der Waals surface area contributed by atoms with E-state index in [0.29, 0.717) is 11.3 Å². The van der Waals surface area contributed by atoms with Gasteiger partial charge in [0.25, 0.3) is 5.91 Å². The second kappa shape index (κ2) is 8.02. The normalized spacial score (nSPS) is 13.5. The first-order valence-electron chi connectivity index (χ1n) is 9.02. The van der Waals surface area contributed by atoms with Crippen LogP contribution in [0.3, 0.4) is 0 Å². The zero-order valence-electron chi connectivity index (χ0n) is 15.9. The number of benzene rings is 2. The summed E-state index contributed by atoms with van der Waals surface area (Å²) in [6.45, 7) is 0.232. The second-order valence-corrected chi connectivity index (χ2v) is 6.60. The van der Waals surface area contributed by atoms with Gasteiger partial charge in [-0.2, -0.15) is 4.98 Å². The highest BCUT2D eigenvalue weighted by Gasteiger charge is 2.26. The molecule has 154 valence electrons. The molecule has 4 rings (SSSR count). The zero-order valence-corrected chi connectivity index (χ0v) is 15.9. The zero-order chi connectivity index (χ0) is 21.3. The molecule has 9 heteroatoms. The average Bonchev–Trinajstić information content (AvgIpc) is 2.88. The Labute approximate surface area is 169 Å². The maximum atomic E-state index is 14.0. The van der Waals surface area contributed by atoms with E-state index < -0.39 is 23.4 Å². The number of hydrogen-bond donors (Lipinski definition) is 0. The number of fused-ring (bicyclic) bond motifs is 1. The highest BCUT2D eigenvalue weighted by Crippen LogP contribution is 2.27. The summed E-state index contributed by atoms with van der Waals surface area (Å²) in [5.41, 5.74) is 0.639. The molecule has 6 nitrogen and oxygen atoms in total. The summed E-state index contributed by atoms with van der Waals surface area (Å²) in [7, 11) is 1.41. The van der Waals surface area contributed by atoms with Gasteiger partial charge < -0.3 is 14.4 Å². The van der Waals surface area contributed by atoms with Crippen molar-refractivity contribution >= 4 is 5.91 Å². The van der Waals surface area contributed by atoms with E-state index in [4.69, 9.17) is 9.47 Å². The minimum Gasteiger partial charge on any atom is -0.497 e. The second-order valence-electron chi connectivity index (χ2n) is 6.60. The van der Waals surface area contributed by atoms with Gasteiger partial charge in [0.15, 0.2) is 5.82 Å². The van der Waals surface area contributed by atoms with Crippen molar-refractivity contribution in [3.05, 3.63) is 71.2 Å². The first kappa shape index (κ1) is 19.7. The molecular weight excluding hydrogens is 399 g/mol. The molecule has 2 aromatic carbocycles. The van der Waals surface area contributed by atoms with Crippen LogP contribution >= 0.6 is 0 Å². The quantitative estimate of drug-likeness (QED) is 0.652. The van der Waals surface area contributed by atoms with Crippen molar-refractivity contribution < 1.29 is 27.4 Å². The highest BCUT2D eigenvalue weighted by atomic mass is 19.1. The van der Waals surface area contributed by atoms with Gasteiger partial charge >= 0.3 is 0 Å². The summed E-state index contributed by atoms with van der Waals surface area (Å²) in [5, 5.41) is 0. The molecule has 1 aromatic heterocycles. The number of aromatic nitrogens is 2. The van der Waals surface area contributed by atoms with E-state index in [-0.39, 0.29) is 42.5 Å². The van der Waals surface area contributed by atoms with E-state index in [9.17, 15) is 18.0 Å². The molecule has 0 N–H and O–H groups in total. The smallest absolute Gasteiger partial charge is 0.261 e. The van der Waals surface area contributed by atoms with Gasteiger partial charge in [0.1, 0.15) is 35.4 Å². The monoisotopic (exact) mass is 415 g/mol. The standard InChI is InChI=1S/C21H16F3N3O3/c1-29-16-7-13(6-15(23)8-16)19-25-10-17-20(26-19)30-5-4-27(21(17)28)11-12-2-3-14(22)9-18(12)24/h2-3,6-10H,4-5,11H2,1H3. The third-order valence-electron chi connectivity index (χ3n) is 4.61. The number of nitrogens with zero attached hydrogens (tertiary/aromatic N) is 3. The molecule has 2 heterocycles. The topological polar surface area (TPSA) is 64.6 Å². The minimum absolute atomic E-state index is 0.0512. The van der Waals surface area contributed by atoms with Crippen LogP contribution < -0.4 is 9.47 Å². The summed E-state index contributed by atoms with van der Waals surface area (Å²) in [6, 6.07) is 7.22. The van der Waals surface area contributed by atoms with Gasteiger partial charge in [-0.05, 0) is 18.2 Å². The molecule has 0 fully saturated rings. The Hall–Kier alpha value is -3.62. The fourth-order valence-corrected chi connectivity index (χ4v) is 3.10. The maximum absolute atomic E-state index is 14.0. The Morgan fingerprint density at radius 3 is 2.73 bits per heavy atom. The SMILES string of the molecule is COc1cc(F)cc(-c2ncc3c(n2)OCCN(Cc2ccc(F)cc2F)C3=O)c1. The fourth-order valence-electron chi connectivity index (χ4n) is 3.10. The van der Waals surface area contributed by atoms with Crippen LogP contribution in [0, 0.1) is 17.5 Å². The summed E-state index contributed by atoms with van der Waals surface area (Å²) in [6.07, 6.45) is 1.29. The first-order chi connectivity index (χ1) is 14.4. The Balaban J connectivity index is 1.63. The number of carbonyl (C=O) groups excluding carboxylic acids is 1. The molecule has 3 aromatic rings. The van der Waals surface area contributed by atoms with Crippen LogP contribution in [0.4, 0.5) is 13.2 Å². The van der Waals surface area contributed by atoms with Crippen LogP contribution in [0.15, 0.2) is 42.6 Å². The highest BCUT2D eigenvalue weighted by molar-refractivity contribution is 5.96. The van der Waals surface area contributed by atoms with Crippen molar-refractivity contribution in [1.82, 2.24) is 14.9 Å². The third-order valence-corrected chi connectivity index (χ3v) is 4.61. The lowest BCUT2D eigenvalue weighted by Crippen LogP contribution is -2.32. The first-order valence-corrected chi connectivity index (χ1v) is 9.02. The van der Waals surface area contributed by atoms with E-state index in [1.807, 2.05) is 0 Å². The van der Waals surface area contributed by atoms with E-state index in [1.54, 1.807) is 6.07 Å². The molecule has 0 bridgehead atoms. The molecule has 0 saturated carbocycles. The van der Waals surface area contributed by atoms with E-state index in [0.717, 1.165) is 12.1 Å². The summed E-state index contributed by atoms with van der Waals surface area (Å²) in [4.78, 5) is 22.7. The lowest BCUT2D eigenvalue weighted by molar-refractivity contribution is 0.0741. The van der Waals surface area contributed by atoms with Crippen LogP contribution in [0.25, 0.3) is 11.4 Å². The van der Waals surface area contributed by atoms with E-state index in [1.165, 1.54) is 36.4 Å². The molecule has 1 amide bonds. The van der Waals surface area contributed by atoms with Gasteiger partial charge in [-0.15, -0.1) is 0 Å². The van der Waals surface area contributed by atoms with Crippen LogP contribution in [0.2, 0.25) is 0 Å². The summed E-state index contributed by atoms with van der Waals surface area (Å²) in [5.74, 6) is -1.88. The molecule has 0 spiro atoms. The Kier molecular flexibility index (Phi) is 5.26. The van der Waals surface area contributed by atoms with Gasteiger partial charge in [-0.1, -0.05) is 6.07 Å². The van der Waals surface area contributed by atoms with Crippen molar-refractivity contribution in [2.24, 2.45) is 0 Å². The van der Waals surface area contributed by atoms with Crippen LogP contribution in [0.1, 0.15) is 15.9 Å². The Morgan fingerprint density at radius 2 is 1.97 bits per heavy atom. The largest absolute Gasteiger partial charge is 0.497 e. The number of carbonyl (C=O) groups is 1. The number of hydrogen-bond acceptors (Lipinski definition) is 5. The molecule has 0 atom stereocenters. The minimum atomic E-state index is -0.736. The summed E-state index contributed by atoms with van der Waals surface area (Å²) < 4.78 is 51.6. The van der Waals surface area contributed by atoms with Gasteiger partial charge in [0.05, 0.1) is 13.7 Å². The maximum Gasteiger partial charge on any atom is 0.261 e. The molecular formula is C21H16F3N3O3. The fraction of sp³-hybridized carbons (Fsp3) is 0.190. The Bertz CT molecular complexity index is 1120. The molecule has 0 radical (unpaired) electrons. The van der Waals surface area contributed by atoms with Crippen molar-refractivity contribution in [3.63, 3.8) is 0 Å². The summed E-state index contributed by atoms with van der Waals surface area (Å²) >= 11 is 0.